The van der Waals surface area contributed by atoms with E-state index in [2.05, 4.69) is 6.07 Å². The van der Waals surface area contributed by atoms with Gasteiger partial charge in [-0.25, -0.2) is 0 Å². The molecular formula is C15H18O3. The third-order valence-electron chi connectivity index (χ3n) is 3.31. The number of benzene rings is 1. The van der Waals surface area contributed by atoms with E-state index in [9.17, 15) is 9.59 Å². The van der Waals surface area contributed by atoms with Crippen molar-refractivity contribution in [1.82, 2.24) is 0 Å². The van der Waals surface area contributed by atoms with Crippen molar-refractivity contribution in [2.24, 2.45) is 0 Å². The van der Waals surface area contributed by atoms with Crippen molar-refractivity contribution in [3.8, 4) is 5.75 Å². The summed E-state index contributed by atoms with van der Waals surface area (Å²) in [5.41, 5.74) is 2.42. The fraction of sp³-hybridized carbons (Fsp3) is 0.467. The van der Waals surface area contributed by atoms with Crippen molar-refractivity contribution < 1.29 is 14.3 Å². The number of hydrogen-bond donors (Lipinski definition) is 0. The molecule has 2 rings (SSSR count). The lowest BCUT2D eigenvalue weighted by Crippen LogP contribution is -2.12. The molecular weight excluding hydrogens is 228 g/mol. The molecule has 0 aliphatic carbocycles. The van der Waals surface area contributed by atoms with Gasteiger partial charge in [0.05, 0.1) is 0 Å². The summed E-state index contributed by atoms with van der Waals surface area (Å²) in [5, 5.41) is 0. The Morgan fingerprint density at radius 1 is 1.50 bits per heavy atom. The largest absolute Gasteiger partial charge is 0.490 e. The summed E-state index contributed by atoms with van der Waals surface area (Å²) >= 11 is 0. The molecule has 96 valence electrons. The van der Waals surface area contributed by atoms with Crippen molar-refractivity contribution in [3.63, 3.8) is 0 Å². The number of ketones is 1. The SMILES string of the molecule is CC(=O)CCc1cccc2c1C[C@@H](CCC=O)O2. The topological polar surface area (TPSA) is 43.4 Å². The predicted octanol–water partition coefficient (Wildman–Crippen LogP) is 2.49. The van der Waals surface area contributed by atoms with Gasteiger partial charge in [0, 0.05) is 24.8 Å². The van der Waals surface area contributed by atoms with Crippen LogP contribution in [0.1, 0.15) is 37.3 Å². The van der Waals surface area contributed by atoms with Crippen LogP contribution in [0.4, 0.5) is 0 Å². The normalized spacial score (nSPS) is 17.1. The predicted molar refractivity (Wildman–Crippen MR) is 68.9 cm³/mol. The molecule has 18 heavy (non-hydrogen) atoms. The lowest BCUT2D eigenvalue weighted by molar-refractivity contribution is -0.117. The molecule has 3 nitrogen and oxygen atoms in total. The monoisotopic (exact) mass is 246 g/mol. The van der Waals surface area contributed by atoms with Crippen molar-refractivity contribution >= 4 is 12.1 Å². The van der Waals surface area contributed by atoms with Gasteiger partial charge in [-0.15, -0.1) is 0 Å². The average molecular weight is 246 g/mol. The van der Waals surface area contributed by atoms with Crippen LogP contribution < -0.4 is 4.74 Å². The van der Waals surface area contributed by atoms with Crippen LogP contribution in [0.3, 0.4) is 0 Å². The number of aryl methyl sites for hydroxylation is 1. The molecule has 0 fully saturated rings. The van der Waals surface area contributed by atoms with Gasteiger partial charge in [0.15, 0.2) is 0 Å². The first-order valence-corrected chi connectivity index (χ1v) is 6.41. The standard InChI is InChI=1S/C15H18O3/c1-11(17)7-8-12-4-2-6-15-14(12)10-13(18-15)5-3-9-16/h2,4,6,9,13H,3,5,7-8,10H2,1H3/t13-/m1/s1. The number of carbonyl (C=O) groups is 2. The molecule has 3 heteroatoms. The number of fused-ring (bicyclic) bond motifs is 1. The molecule has 0 amide bonds. The lowest BCUT2D eigenvalue weighted by atomic mass is 9.97. The second-order valence-corrected chi connectivity index (χ2v) is 4.78. The third-order valence-corrected chi connectivity index (χ3v) is 3.31. The summed E-state index contributed by atoms with van der Waals surface area (Å²) in [6, 6.07) is 6.00. The van der Waals surface area contributed by atoms with E-state index in [4.69, 9.17) is 4.74 Å². The summed E-state index contributed by atoms with van der Waals surface area (Å²) in [6.07, 6.45) is 4.58. The molecule has 0 saturated carbocycles. The maximum Gasteiger partial charge on any atom is 0.130 e. The zero-order valence-electron chi connectivity index (χ0n) is 10.6. The summed E-state index contributed by atoms with van der Waals surface area (Å²) in [4.78, 5) is 21.4. The molecule has 1 heterocycles. The summed E-state index contributed by atoms with van der Waals surface area (Å²) in [5.74, 6) is 1.14. The summed E-state index contributed by atoms with van der Waals surface area (Å²) in [7, 11) is 0. The third kappa shape index (κ3) is 2.97. The molecule has 1 atom stereocenters. The van der Waals surface area contributed by atoms with Gasteiger partial charge in [-0.1, -0.05) is 12.1 Å². The van der Waals surface area contributed by atoms with Crippen LogP contribution in [0.5, 0.6) is 5.75 Å². The van der Waals surface area contributed by atoms with Crippen LogP contribution in [-0.4, -0.2) is 18.2 Å². The fourth-order valence-corrected chi connectivity index (χ4v) is 2.36. The molecule has 0 N–H and O–H groups in total. The van der Waals surface area contributed by atoms with Crippen LogP contribution in [0.25, 0.3) is 0 Å². The van der Waals surface area contributed by atoms with Gasteiger partial charge in [-0.05, 0) is 31.4 Å². The molecule has 0 radical (unpaired) electrons. The highest BCUT2D eigenvalue weighted by molar-refractivity contribution is 5.75. The molecule has 0 bridgehead atoms. The van der Waals surface area contributed by atoms with Crippen LogP contribution in [0.15, 0.2) is 18.2 Å². The number of ether oxygens (including phenoxy) is 1. The zero-order chi connectivity index (χ0) is 13.0. The first kappa shape index (κ1) is 12.8. The summed E-state index contributed by atoms with van der Waals surface area (Å²) in [6.45, 7) is 1.62. The van der Waals surface area contributed by atoms with Crippen LogP contribution >= 0.6 is 0 Å². The van der Waals surface area contributed by atoms with Crippen LogP contribution in [0.2, 0.25) is 0 Å². The average Bonchev–Trinajstić information content (AvgIpc) is 2.76. The highest BCUT2D eigenvalue weighted by atomic mass is 16.5. The smallest absolute Gasteiger partial charge is 0.130 e. The van der Waals surface area contributed by atoms with Gasteiger partial charge in [0.2, 0.25) is 0 Å². The van der Waals surface area contributed by atoms with E-state index in [1.54, 1.807) is 6.92 Å². The number of aldehydes is 1. The number of rotatable bonds is 6. The van der Waals surface area contributed by atoms with Gasteiger partial charge >= 0.3 is 0 Å². The van der Waals surface area contributed by atoms with Gasteiger partial charge in [0.1, 0.15) is 23.9 Å². The van der Waals surface area contributed by atoms with E-state index in [0.29, 0.717) is 12.8 Å². The van der Waals surface area contributed by atoms with E-state index >= 15 is 0 Å². The Hall–Kier alpha value is -1.64. The van der Waals surface area contributed by atoms with Crippen molar-refractivity contribution in [2.45, 2.75) is 45.1 Å². The quantitative estimate of drug-likeness (QED) is 0.724. The van der Waals surface area contributed by atoms with Crippen molar-refractivity contribution in [2.75, 3.05) is 0 Å². The van der Waals surface area contributed by atoms with Crippen molar-refractivity contribution in [3.05, 3.63) is 29.3 Å². The van der Waals surface area contributed by atoms with Crippen LogP contribution in [-0.2, 0) is 22.4 Å². The molecule has 1 aromatic rings. The minimum absolute atomic E-state index is 0.115. The molecule has 0 spiro atoms. The van der Waals surface area contributed by atoms with E-state index in [1.165, 1.54) is 11.1 Å². The Bertz CT molecular complexity index is 451. The number of carbonyl (C=O) groups excluding carboxylic acids is 2. The van der Waals surface area contributed by atoms with E-state index in [-0.39, 0.29) is 11.9 Å². The van der Waals surface area contributed by atoms with Crippen LogP contribution in [0, 0.1) is 0 Å². The molecule has 0 aromatic heterocycles. The Kier molecular flexibility index (Phi) is 4.13. The van der Waals surface area contributed by atoms with E-state index in [0.717, 1.165) is 31.3 Å². The Balaban J connectivity index is 2.06. The summed E-state index contributed by atoms with van der Waals surface area (Å²) < 4.78 is 5.81. The maximum atomic E-state index is 11.1. The van der Waals surface area contributed by atoms with E-state index < -0.39 is 0 Å². The highest BCUT2D eigenvalue weighted by Crippen LogP contribution is 2.33. The molecule has 1 aliphatic rings. The Morgan fingerprint density at radius 2 is 2.33 bits per heavy atom. The van der Waals surface area contributed by atoms with Gasteiger partial charge < -0.3 is 14.3 Å². The second kappa shape index (κ2) is 5.80. The first-order valence-electron chi connectivity index (χ1n) is 6.41. The number of hydrogen-bond acceptors (Lipinski definition) is 3. The highest BCUT2D eigenvalue weighted by Gasteiger charge is 2.24. The van der Waals surface area contributed by atoms with Gasteiger partial charge in [-0.3, -0.25) is 0 Å². The number of Topliss-reactive ketones (excluding diaryl/α,β-unsaturated/α-hetero) is 1. The second-order valence-electron chi connectivity index (χ2n) is 4.78. The fourth-order valence-electron chi connectivity index (χ4n) is 2.36. The first-order chi connectivity index (χ1) is 8.70. The van der Waals surface area contributed by atoms with Gasteiger partial charge in [0.25, 0.3) is 0 Å². The molecule has 1 aromatic carbocycles. The minimum atomic E-state index is 0.115. The van der Waals surface area contributed by atoms with E-state index in [1.807, 2.05) is 12.1 Å². The minimum Gasteiger partial charge on any atom is -0.490 e. The Labute approximate surface area is 107 Å². The Morgan fingerprint density at radius 3 is 3.06 bits per heavy atom. The van der Waals surface area contributed by atoms with Crippen molar-refractivity contribution in [1.29, 1.82) is 0 Å². The zero-order valence-corrected chi connectivity index (χ0v) is 10.6. The van der Waals surface area contributed by atoms with Gasteiger partial charge in [-0.2, -0.15) is 0 Å². The molecule has 0 unspecified atom stereocenters. The maximum absolute atomic E-state index is 11.1. The lowest BCUT2D eigenvalue weighted by Gasteiger charge is -2.07. The molecule has 0 saturated heterocycles. The molecule has 1 aliphatic heterocycles.